The highest BCUT2D eigenvalue weighted by molar-refractivity contribution is 5.68. The third-order valence-corrected chi connectivity index (χ3v) is 3.81. The molecule has 4 nitrogen and oxygen atoms in total. The lowest BCUT2D eigenvalue weighted by Gasteiger charge is -2.30. The molecule has 0 unspecified atom stereocenters. The number of rotatable bonds is 8. The Labute approximate surface area is 122 Å². The van der Waals surface area contributed by atoms with E-state index in [1.165, 1.54) is 0 Å². The van der Waals surface area contributed by atoms with Crippen molar-refractivity contribution >= 4 is 11.4 Å². The number of aliphatic hydroxyl groups excluding tert-OH is 1. The minimum absolute atomic E-state index is 0.0194. The van der Waals surface area contributed by atoms with Crippen LogP contribution in [-0.2, 0) is 0 Å². The molecule has 0 aliphatic carbocycles. The number of aliphatic hydroxyl groups is 1. The van der Waals surface area contributed by atoms with Crippen LogP contribution < -0.4 is 15.8 Å². The van der Waals surface area contributed by atoms with Crippen molar-refractivity contribution in [3.63, 3.8) is 0 Å². The Hall–Kier alpha value is -1.63. The van der Waals surface area contributed by atoms with Gasteiger partial charge in [0.05, 0.1) is 18.0 Å². The molecule has 0 aliphatic heterocycles. The average Bonchev–Trinajstić information content (AvgIpc) is 2.45. The maximum Gasteiger partial charge on any atom is 0.387 e. The van der Waals surface area contributed by atoms with Crippen molar-refractivity contribution in [2.45, 2.75) is 33.3 Å². The fourth-order valence-electron chi connectivity index (χ4n) is 1.97. The van der Waals surface area contributed by atoms with Crippen molar-refractivity contribution in [1.82, 2.24) is 0 Å². The van der Waals surface area contributed by atoms with E-state index in [0.29, 0.717) is 12.2 Å². The zero-order valence-electron chi connectivity index (χ0n) is 12.1. The quantitative estimate of drug-likeness (QED) is 0.645. The Morgan fingerprint density at radius 1 is 1.33 bits per heavy atom. The predicted octanol–water partition coefficient (Wildman–Crippen LogP) is 3.22. The maximum atomic E-state index is 13.5. The van der Waals surface area contributed by atoms with Crippen molar-refractivity contribution < 1.29 is 23.0 Å². The molecular weight excluding hydrogens is 285 g/mol. The van der Waals surface area contributed by atoms with Gasteiger partial charge >= 0.3 is 6.61 Å². The number of benzene rings is 1. The first kappa shape index (κ1) is 17.4. The van der Waals surface area contributed by atoms with Crippen LogP contribution in [0.5, 0.6) is 5.75 Å². The fraction of sp³-hybridized carbons (Fsp3) is 0.571. The maximum absolute atomic E-state index is 13.5. The molecule has 0 heterocycles. The molecule has 120 valence electrons. The van der Waals surface area contributed by atoms with Crippen LogP contribution in [0.1, 0.15) is 26.7 Å². The highest BCUT2D eigenvalue weighted by Crippen LogP contribution is 2.32. The molecule has 0 bridgehead atoms. The second-order valence-electron chi connectivity index (χ2n) is 4.97. The lowest BCUT2D eigenvalue weighted by atomic mass is 9.83. The second-order valence-corrected chi connectivity index (χ2v) is 4.97. The van der Waals surface area contributed by atoms with Crippen molar-refractivity contribution in [3.8, 4) is 5.75 Å². The van der Waals surface area contributed by atoms with Gasteiger partial charge in [-0.05, 0) is 12.8 Å². The number of hydrogen-bond acceptors (Lipinski definition) is 4. The summed E-state index contributed by atoms with van der Waals surface area (Å²) in [5.41, 5.74) is 5.71. The lowest BCUT2D eigenvalue weighted by Crippen LogP contribution is -2.32. The summed E-state index contributed by atoms with van der Waals surface area (Å²) in [4.78, 5) is 0. The van der Waals surface area contributed by atoms with E-state index in [2.05, 4.69) is 10.1 Å². The standard InChI is InChI=1S/C14H21F3N2O2/c1-3-14(4-2,8-20)7-19-11-6-12(21-13(16)17)9(15)5-10(11)18/h5-6,13,19-20H,3-4,7-8,18H2,1-2H3. The molecule has 0 atom stereocenters. The number of hydrogen-bond donors (Lipinski definition) is 3. The molecule has 1 aromatic rings. The number of ether oxygens (including phenoxy) is 1. The summed E-state index contributed by atoms with van der Waals surface area (Å²) < 4.78 is 42.0. The zero-order chi connectivity index (χ0) is 16.0. The molecule has 1 aromatic carbocycles. The van der Waals surface area contributed by atoms with E-state index < -0.39 is 18.2 Å². The van der Waals surface area contributed by atoms with E-state index in [0.717, 1.165) is 25.0 Å². The smallest absolute Gasteiger partial charge is 0.387 e. The molecule has 0 saturated heterocycles. The number of halogens is 3. The molecular formula is C14H21F3N2O2. The van der Waals surface area contributed by atoms with Crippen LogP contribution in [0, 0.1) is 11.2 Å². The third-order valence-electron chi connectivity index (χ3n) is 3.81. The van der Waals surface area contributed by atoms with Crippen LogP contribution in [0.25, 0.3) is 0 Å². The molecule has 1 rings (SSSR count). The van der Waals surface area contributed by atoms with E-state index in [-0.39, 0.29) is 17.7 Å². The van der Waals surface area contributed by atoms with Crippen LogP contribution in [0.15, 0.2) is 12.1 Å². The molecule has 0 aromatic heterocycles. The van der Waals surface area contributed by atoms with Gasteiger partial charge < -0.3 is 20.9 Å². The van der Waals surface area contributed by atoms with Gasteiger partial charge in [0, 0.05) is 24.1 Å². The molecule has 7 heteroatoms. The van der Waals surface area contributed by atoms with Gasteiger partial charge in [-0.25, -0.2) is 4.39 Å². The van der Waals surface area contributed by atoms with Gasteiger partial charge in [0.15, 0.2) is 11.6 Å². The summed E-state index contributed by atoms with van der Waals surface area (Å²) in [5.74, 6) is -1.51. The summed E-state index contributed by atoms with van der Waals surface area (Å²) >= 11 is 0. The first-order valence-corrected chi connectivity index (χ1v) is 6.76. The monoisotopic (exact) mass is 306 g/mol. The minimum atomic E-state index is -3.11. The van der Waals surface area contributed by atoms with Crippen LogP contribution in [0.4, 0.5) is 24.5 Å². The summed E-state index contributed by atoms with van der Waals surface area (Å²) in [6.45, 7) is 1.15. The van der Waals surface area contributed by atoms with Crippen molar-refractivity contribution in [2.75, 3.05) is 24.2 Å². The van der Waals surface area contributed by atoms with E-state index in [4.69, 9.17) is 5.73 Å². The SMILES string of the molecule is CCC(CC)(CO)CNc1cc(OC(F)F)c(F)cc1N. The van der Waals surface area contributed by atoms with Gasteiger partial charge in [-0.2, -0.15) is 8.78 Å². The fourth-order valence-corrected chi connectivity index (χ4v) is 1.97. The van der Waals surface area contributed by atoms with Crippen LogP contribution in [0.2, 0.25) is 0 Å². The first-order chi connectivity index (χ1) is 9.87. The highest BCUT2D eigenvalue weighted by Gasteiger charge is 2.25. The molecule has 0 spiro atoms. The Morgan fingerprint density at radius 3 is 2.43 bits per heavy atom. The van der Waals surface area contributed by atoms with Crippen LogP contribution >= 0.6 is 0 Å². The van der Waals surface area contributed by atoms with E-state index in [1.807, 2.05) is 13.8 Å². The summed E-state index contributed by atoms with van der Waals surface area (Å²) in [5, 5.41) is 12.5. The number of nitrogens with one attached hydrogen (secondary N) is 1. The Morgan fingerprint density at radius 2 is 1.95 bits per heavy atom. The molecule has 4 N–H and O–H groups in total. The van der Waals surface area contributed by atoms with Gasteiger partial charge in [-0.3, -0.25) is 0 Å². The number of nitrogens with two attached hydrogens (primary N) is 1. The molecule has 0 aliphatic rings. The number of alkyl halides is 2. The van der Waals surface area contributed by atoms with Gasteiger partial charge in [0.1, 0.15) is 0 Å². The Bertz CT molecular complexity index is 458. The summed E-state index contributed by atoms with van der Waals surface area (Å²) in [7, 11) is 0. The van der Waals surface area contributed by atoms with Gasteiger partial charge in [0.25, 0.3) is 0 Å². The average molecular weight is 306 g/mol. The lowest BCUT2D eigenvalue weighted by molar-refractivity contribution is -0.0521. The minimum Gasteiger partial charge on any atom is -0.432 e. The first-order valence-electron chi connectivity index (χ1n) is 6.76. The van der Waals surface area contributed by atoms with E-state index in [1.54, 1.807) is 0 Å². The van der Waals surface area contributed by atoms with Gasteiger partial charge in [-0.1, -0.05) is 13.8 Å². The molecule has 0 saturated carbocycles. The topological polar surface area (TPSA) is 67.5 Å². The molecule has 21 heavy (non-hydrogen) atoms. The van der Waals surface area contributed by atoms with Crippen molar-refractivity contribution in [1.29, 1.82) is 0 Å². The van der Waals surface area contributed by atoms with Crippen LogP contribution in [0.3, 0.4) is 0 Å². The molecule has 0 fully saturated rings. The molecule has 0 amide bonds. The predicted molar refractivity (Wildman–Crippen MR) is 76.0 cm³/mol. The Kier molecular flexibility index (Phi) is 6.14. The second kappa shape index (κ2) is 7.40. The van der Waals surface area contributed by atoms with Crippen molar-refractivity contribution in [3.05, 3.63) is 17.9 Å². The van der Waals surface area contributed by atoms with Gasteiger partial charge in [-0.15, -0.1) is 0 Å². The summed E-state index contributed by atoms with van der Waals surface area (Å²) in [6, 6.07) is 2.03. The van der Waals surface area contributed by atoms with E-state index in [9.17, 15) is 18.3 Å². The van der Waals surface area contributed by atoms with Crippen molar-refractivity contribution in [2.24, 2.45) is 5.41 Å². The third kappa shape index (κ3) is 4.42. The number of anilines is 2. The normalized spacial score (nSPS) is 11.8. The van der Waals surface area contributed by atoms with Crippen LogP contribution in [-0.4, -0.2) is 24.9 Å². The number of nitrogen functional groups attached to an aromatic ring is 1. The van der Waals surface area contributed by atoms with Gasteiger partial charge in [0.2, 0.25) is 0 Å². The Balaban J connectivity index is 2.92. The largest absolute Gasteiger partial charge is 0.432 e. The van der Waals surface area contributed by atoms with E-state index >= 15 is 0 Å². The summed E-state index contributed by atoms with van der Waals surface area (Å²) in [6.07, 6.45) is 1.46. The molecule has 0 radical (unpaired) electrons. The highest BCUT2D eigenvalue weighted by atomic mass is 19.3. The zero-order valence-corrected chi connectivity index (χ0v) is 12.1.